The van der Waals surface area contributed by atoms with E-state index in [0.717, 1.165) is 69.9 Å². The summed E-state index contributed by atoms with van der Waals surface area (Å²) in [6, 6.07) is -1.95. The molecule has 8 atom stereocenters. The molecule has 0 radical (unpaired) electrons. The predicted molar refractivity (Wildman–Crippen MR) is 450 cm³/mol. The van der Waals surface area contributed by atoms with Crippen LogP contribution in [0.3, 0.4) is 0 Å². The van der Waals surface area contributed by atoms with Crippen molar-refractivity contribution in [2.75, 3.05) is 54.5 Å². The number of likely N-dealkylation sites (N-methyl/N-ethyl adjacent to an activating group) is 1. The molecule has 648 valence electrons. The Morgan fingerprint density at radius 3 is 1.28 bits per heavy atom. The zero-order valence-electron chi connectivity index (χ0n) is 73.9. The number of esters is 1. The van der Waals surface area contributed by atoms with E-state index in [2.05, 4.69) is 54.2 Å². The lowest BCUT2D eigenvalue weighted by atomic mass is 9.91. The minimum absolute atomic E-state index is 0. The van der Waals surface area contributed by atoms with Gasteiger partial charge in [0.1, 0.15) is 36.0 Å². The lowest BCUT2D eigenvalue weighted by Gasteiger charge is -2.26. The third kappa shape index (κ3) is 76.6. The lowest BCUT2D eigenvalue weighted by molar-refractivity contribution is -0.873. The average molecular weight is 1560 g/mol. The van der Waals surface area contributed by atoms with E-state index in [1.807, 2.05) is 167 Å². The molecule has 18 N–H and O–H groups in total. The Morgan fingerprint density at radius 1 is 0.560 bits per heavy atom. The van der Waals surface area contributed by atoms with E-state index >= 15 is 0 Å². The number of hydrogen-bond donors (Lipinski definition) is 10. The number of ether oxygens (including phenoxy) is 1. The Kier molecular flexibility index (Phi) is 80.5. The molecule has 0 bridgehead atoms. The third-order valence-corrected chi connectivity index (χ3v) is 16.9. The SMILES string of the molecule is C.CC(C)C(=O)C1CCCC1.CC(C)C(=O)CN.CC(C)C(=O)C[C@@H](O)C[N+](C)(C)C.CC(C)C(=O)[C@@H](N)C(C)C.CC(C)C(=O)[C@@H](N)CCCCN.CC(C)C(=O)[C@@H](N)Cc1cnc[nH]1.CC(C)CCCCO[N+](=O)[O-].CC(C)C[C@H](N)C(=O)C(C)C.CC[C@H](C)[C@H](N)C(=O)C(C)C.COC(=O)[C@@H](N)CC(C)C. The third-order valence-electron chi connectivity index (χ3n) is 16.9. The largest absolute Gasteiger partial charge is 0.468 e. The summed E-state index contributed by atoms with van der Waals surface area (Å²) in [4.78, 5) is 121. The number of unbranched alkanes of at least 4 members (excludes halogenated alkanes) is 2. The number of imidazole rings is 1. The first-order valence-corrected chi connectivity index (χ1v) is 40.0. The molecule has 1 saturated carbocycles. The van der Waals surface area contributed by atoms with E-state index < -0.39 is 23.3 Å². The van der Waals surface area contributed by atoms with Crippen LogP contribution in [0.15, 0.2) is 12.5 Å². The van der Waals surface area contributed by atoms with Gasteiger partial charge in [-0.05, 0) is 81.1 Å². The van der Waals surface area contributed by atoms with Gasteiger partial charge in [0.2, 0.25) is 0 Å². The molecule has 1 aliphatic carbocycles. The van der Waals surface area contributed by atoms with E-state index in [9.17, 15) is 58.4 Å². The molecule has 2 rings (SSSR count). The van der Waals surface area contributed by atoms with Gasteiger partial charge in [0.05, 0.1) is 77.9 Å². The molecule has 26 nitrogen and oxygen atoms in total. The van der Waals surface area contributed by atoms with Crippen molar-refractivity contribution in [2.45, 2.75) is 326 Å². The van der Waals surface area contributed by atoms with Gasteiger partial charge in [0, 0.05) is 78.0 Å². The molecule has 109 heavy (non-hydrogen) atoms. The van der Waals surface area contributed by atoms with Crippen LogP contribution in [0.1, 0.15) is 283 Å². The van der Waals surface area contributed by atoms with Crippen molar-refractivity contribution in [1.29, 1.82) is 0 Å². The maximum absolute atomic E-state index is 11.4. The number of hydrogen-bond acceptors (Lipinski definition) is 23. The number of Topliss-reactive ketones (excluding diaryl/α,β-unsaturated/α-hetero) is 8. The molecule has 0 aromatic carbocycles. The predicted octanol–water partition coefficient (Wildman–Crippen LogP) is 12.0. The van der Waals surface area contributed by atoms with Gasteiger partial charge in [-0.2, -0.15) is 0 Å². The van der Waals surface area contributed by atoms with Crippen LogP contribution < -0.4 is 45.9 Å². The molecule has 0 aliphatic heterocycles. The Labute approximate surface area is 664 Å². The number of aliphatic hydroxyl groups is 1. The summed E-state index contributed by atoms with van der Waals surface area (Å²) >= 11 is 0. The summed E-state index contributed by atoms with van der Waals surface area (Å²) in [6.45, 7) is 52.4. The number of nitrogens with two attached hydrogens (primary N) is 8. The van der Waals surface area contributed by atoms with Gasteiger partial charge in [-0.25, -0.2) is 4.98 Å². The highest BCUT2D eigenvalue weighted by atomic mass is 16.9. The minimum atomic E-state index is -0.741. The number of aromatic amines is 1. The number of H-pyrrole nitrogens is 1. The summed E-state index contributed by atoms with van der Waals surface area (Å²) in [5.74, 6) is 4.44. The molecule has 26 heteroatoms. The number of nitrogens with zero attached hydrogens (tertiary/aromatic N) is 3. The first kappa shape index (κ1) is 122. The van der Waals surface area contributed by atoms with Crippen LogP contribution in [-0.4, -0.2) is 174 Å². The average Bonchev–Trinajstić information content (AvgIpc) is 1.81. The summed E-state index contributed by atoms with van der Waals surface area (Å²) in [7, 11) is 7.36. The van der Waals surface area contributed by atoms with Crippen LogP contribution in [-0.2, 0) is 59.1 Å². The molecule has 1 fully saturated rings. The van der Waals surface area contributed by atoms with Crippen molar-refractivity contribution < 1.29 is 67.4 Å². The number of carbonyl (C=O) groups is 9. The molecule has 0 saturated heterocycles. The van der Waals surface area contributed by atoms with E-state index in [1.54, 1.807) is 12.5 Å². The molecular formula is C83H173N12O14+. The van der Waals surface area contributed by atoms with Gasteiger partial charge < -0.3 is 70.0 Å². The van der Waals surface area contributed by atoms with Crippen molar-refractivity contribution in [3.63, 3.8) is 0 Å². The number of nitrogens with one attached hydrogen (secondary N) is 1. The zero-order chi connectivity index (χ0) is 86.7. The molecule has 1 aromatic rings. The molecule has 0 unspecified atom stereocenters. The van der Waals surface area contributed by atoms with Crippen LogP contribution in [0.5, 0.6) is 0 Å². The lowest BCUT2D eigenvalue weighted by Crippen LogP contribution is -2.42. The van der Waals surface area contributed by atoms with Crippen molar-refractivity contribution in [1.82, 2.24) is 9.97 Å². The maximum Gasteiger partial charge on any atom is 0.322 e. The number of rotatable bonds is 39. The Hall–Kier alpha value is -5.16. The minimum Gasteiger partial charge on any atom is -0.468 e. The second-order valence-electron chi connectivity index (χ2n) is 33.5. The number of methoxy groups -OCH3 is 1. The Bertz CT molecular complexity index is 2440. The molecule has 1 aliphatic rings. The van der Waals surface area contributed by atoms with Gasteiger partial charge in [-0.3, -0.25) is 43.2 Å². The Morgan fingerprint density at radius 2 is 0.972 bits per heavy atom. The first-order chi connectivity index (χ1) is 49.4. The van der Waals surface area contributed by atoms with Crippen LogP contribution in [0.25, 0.3) is 0 Å². The summed E-state index contributed by atoms with van der Waals surface area (Å²) in [5, 5.41) is 18.5. The second-order valence-corrected chi connectivity index (χ2v) is 33.5. The zero-order valence-corrected chi connectivity index (χ0v) is 73.9. The molecule has 0 amide bonds. The van der Waals surface area contributed by atoms with Crippen LogP contribution >= 0.6 is 0 Å². The number of aliphatic hydroxyl groups excluding tert-OH is 1. The van der Waals surface area contributed by atoms with Crippen molar-refractivity contribution >= 4 is 52.2 Å². The van der Waals surface area contributed by atoms with Gasteiger partial charge in [0.25, 0.3) is 5.09 Å². The second kappa shape index (κ2) is 71.8. The monoisotopic (exact) mass is 1560 g/mol. The van der Waals surface area contributed by atoms with Crippen LogP contribution in [0, 0.1) is 93.0 Å². The number of ketones is 8. The first-order valence-electron chi connectivity index (χ1n) is 40.0. The number of carbonyl (C=O) groups excluding carboxylic acids is 9. The number of quaternary nitrogens is 1. The van der Waals surface area contributed by atoms with E-state index in [-0.39, 0.29) is 151 Å². The topological polar surface area (TPSA) is 472 Å². The Balaban J connectivity index is -0.000000146. The fourth-order valence-electron chi connectivity index (χ4n) is 9.56. The van der Waals surface area contributed by atoms with Gasteiger partial charge in [-0.1, -0.05) is 226 Å². The van der Waals surface area contributed by atoms with E-state index in [1.165, 1.54) is 20.0 Å². The molecule has 1 aromatic heterocycles. The normalized spacial score (nSPS) is 13.9. The summed E-state index contributed by atoms with van der Waals surface area (Å²) < 4.78 is 5.14. The van der Waals surface area contributed by atoms with Crippen molar-refractivity contribution in [3.05, 3.63) is 28.3 Å². The maximum atomic E-state index is 11.4. The summed E-state index contributed by atoms with van der Waals surface area (Å²) in [6.07, 6.45) is 16.5. The van der Waals surface area contributed by atoms with Gasteiger partial charge in [0.15, 0.2) is 28.9 Å². The molecular weight excluding hydrogens is 1390 g/mol. The fraction of sp³-hybridized carbons (Fsp3) is 0.855. The standard InChI is InChI=1S/C10H22NO2.C9H15N3O.C9H20N2O.2C9H19NO.C9H16O.C8H17NO.C7H15NO3.C7H15NO2.C5H11NO.CH4/c1-8(2)10(13)6-9(12)7-11(3,4)5;1-6(2)9(13)8(10)3-7-4-11-5-12-7;1-7(2)9(12)8(11)5-3-4-6-10;1-6(2)5-8(10)9(11)7(3)4;1-5-7(4)8(10)9(11)6(2)3;1-7(2)9(10)8-5-3-4-6-8;1-5(2)7(9)8(10)6(3)4;1-7(2)5-3-4-6-11-8(9)10;1-5(2)4-6(8)7(9)10-3;1-4(2)5(7)3-6;/h8-9,12H,6-7H2,1-5H3;4-6,8H,3,10H2,1-2H3,(H,11,12);7-8H,3-6,10-11H2,1-2H3;2*6-8H,5,10H2,1-4H3;7-8H,3-6H2,1-2H3;5-7H,9H2,1-4H3;7H,3-6H2,1-2H3;5-6H,4,8H2,1-3H3;4H,3,6H2,1-2H3;1H4/q+1;;;;;;;;;;/t9-;3*8-;7-,8-;;7-;;6-;;/m10000.0.0../s1. The quantitative estimate of drug-likeness (QED) is 0.00962. The van der Waals surface area contributed by atoms with Crippen LogP contribution in [0.4, 0.5) is 0 Å². The summed E-state index contributed by atoms with van der Waals surface area (Å²) in [5.41, 5.74) is 45.1. The van der Waals surface area contributed by atoms with Crippen LogP contribution in [0.2, 0.25) is 0 Å². The van der Waals surface area contributed by atoms with Gasteiger partial charge in [-0.15, -0.1) is 10.1 Å². The van der Waals surface area contributed by atoms with Crippen molar-refractivity contribution in [2.24, 2.45) is 129 Å². The van der Waals surface area contributed by atoms with E-state index in [0.29, 0.717) is 65.8 Å². The highest BCUT2D eigenvalue weighted by molar-refractivity contribution is 5.88. The molecule has 0 spiro atoms. The van der Waals surface area contributed by atoms with E-state index in [4.69, 9.17) is 45.9 Å². The number of aromatic nitrogens is 2. The van der Waals surface area contributed by atoms with Crippen molar-refractivity contribution in [3.8, 4) is 0 Å². The highest BCUT2D eigenvalue weighted by Crippen LogP contribution is 2.27. The molecule has 1 heterocycles. The van der Waals surface area contributed by atoms with Gasteiger partial charge >= 0.3 is 5.97 Å². The fourth-order valence-corrected chi connectivity index (χ4v) is 9.56. The smallest absolute Gasteiger partial charge is 0.322 e. The highest BCUT2D eigenvalue weighted by Gasteiger charge is 2.26.